The van der Waals surface area contributed by atoms with Gasteiger partial charge in [-0.05, 0) is 25.7 Å². The highest BCUT2D eigenvalue weighted by molar-refractivity contribution is 6.20. The molecule has 2 bridgehead atoms. The first kappa shape index (κ1) is 8.58. The monoisotopic (exact) mass is 185 g/mol. The number of hydrogen-bond donors (Lipinski definition) is 0. The molecule has 2 rings (SSSR count). The van der Waals surface area contributed by atoms with Crippen LogP contribution in [0.1, 0.15) is 25.7 Å². The van der Waals surface area contributed by atoms with Crippen molar-refractivity contribution in [3.8, 4) is 0 Å². The summed E-state index contributed by atoms with van der Waals surface area (Å²) in [6.07, 6.45) is 7.08. The summed E-state index contributed by atoms with van der Waals surface area (Å²) < 4.78 is 0. The number of hydrogen-bond acceptors (Lipinski definition) is 1. The van der Waals surface area contributed by atoms with E-state index in [0.717, 1.165) is 18.6 Å². The highest BCUT2D eigenvalue weighted by Crippen LogP contribution is 2.37. The average molecular weight is 186 g/mol. The van der Waals surface area contributed by atoms with Gasteiger partial charge in [-0.25, -0.2) is 0 Å². The van der Waals surface area contributed by atoms with Crippen molar-refractivity contribution in [3.63, 3.8) is 0 Å². The lowest BCUT2D eigenvalue weighted by atomic mass is 10.0. The lowest BCUT2D eigenvalue weighted by Gasteiger charge is -2.36. The Kier molecular flexibility index (Phi) is 2.42. The molecule has 0 saturated carbocycles. The van der Waals surface area contributed by atoms with Gasteiger partial charge in [-0.3, -0.25) is 4.90 Å². The van der Waals surface area contributed by atoms with Gasteiger partial charge >= 0.3 is 0 Å². The zero-order valence-corrected chi connectivity index (χ0v) is 8.13. The summed E-state index contributed by atoms with van der Waals surface area (Å²) in [6.45, 7) is 4.85. The van der Waals surface area contributed by atoms with Crippen LogP contribution in [-0.2, 0) is 0 Å². The normalized spacial score (nSPS) is 41.6. The molecule has 68 valence electrons. The van der Waals surface area contributed by atoms with Gasteiger partial charge in [-0.15, -0.1) is 18.2 Å². The number of rotatable bonds is 2. The minimum Gasteiger partial charge on any atom is -0.294 e. The highest BCUT2D eigenvalue weighted by Gasteiger charge is 2.38. The first-order valence-corrected chi connectivity index (χ1v) is 5.25. The summed E-state index contributed by atoms with van der Waals surface area (Å²) >= 11 is 6.16. The van der Waals surface area contributed by atoms with E-state index < -0.39 is 0 Å². The maximum absolute atomic E-state index is 6.16. The van der Waals surface area contributed by atoms with Gasteiger partial charge in [0.25, 0.3) is 0 Å². The fraction of sp³-hybridized carbons (Fsp3) is 0.800. The first-order valence-electron chi connectivity index (χ1n) is 4.82. The summed E-state index contributed by atoms with van der Waals surface area (Å²) in [5.74, 6) is 0. The number of piperidine rings is 1. The number of alkyl halides is 1. The second kappa shape index (κ2) is 3.39. The van der Waals surface area contributed by atoms with Crippen LogP contribution in [0.4, 0.5) is 0 Å². The largest absolute Gasteiger partial charge is 0.294 e. The lowest BCUT2D eigenvalue weighted by molar-refractivity contribution is 0.160. The third kappa shape index (κ3) is 1.40. The zero-order valence-electron chi connectivity index (χ0n) is 7.38. The molecule has 0 spiro atoms. The van der Waals surface area contributed by atoms with Crippen molar-refractivity contribution in [2.24, 2.45) is 0 Å². The summed E-state index contributed by atoms with van der Waals surface area (Å²) in [6, 6.07) is 1.51. The Balaban J connectivity index is 2.03. The standard InChI is InChI=1S/C10H16ClN/c1-2-5-12-9-3-4-10(12)7-8(11)6-9/h2,8-10H,1,3-7H2. The van der Waals surface area contributed by atoms with Crippen molar-refractivity contribution < 1.29 is 0 Å². The van der Waals surface area contributed by atoms with Gasteiger partial charge < -0.3 is 0 Å². The summed E-state index contributed by atoms with van der Waals surface area (Å²) in [5.41, 5.74) is 0. The van der Waals surface area contributed by atoms with Gasteiger partial charge in [0, 0.05) is 24.0 Å². The second-order valence-corrected chi connectivity index (χ2v) is 4.56. The van der Waals surface area contributed by atoms with Crippen molar-refractivity contribution in [2.75, 3.05) is 6.54 Å². The Morgan fingerprint density at radius 2 is 1.92 bits per heavy atom. The maximum atomic E-state index is 6.16. The van der Waals surface area contributed by atoms with Crippen LogP contribution in [0.15, 0.2) is 12.7 Å². The molecular weight excluding hydrogens is 170 g/mol. The van der Waals surface area contributed by atoms with Gasteiger partial charge in [-0.1, -0.05) is 6.08 Å². The molecular formula is C10H16ClN. The van der Waals surface area contributed by atoms with E-state index in [-0.39, 0.29) is 0 Å². The van der Waals surface area contributed by atoms with Gasteiger partial charge in [0.15, 0.2) is 0 Å². The van der Waals surface area contributed by atoms with Crippen molar-refractivity contribution >= 4 is 11.6 Å². The molecule has 2 saturated heterocycles. The van der Waals surface area contributed by atoms with E-state index in [1.807, 2.05) is 6.08 Å². The molecule has 0 aliphatic carbocycles. The number of nitrogens with zero attached hydrogens (tertiary/aromatic N) is 1. The molecule has 0 aromatic carbocycles. The fourth-order valence-corrected chi connectivity index (χ4v) is 3.07. The van der Waals surface area contributed by atoms with Crippen LogP contribution in [0, 0.1) is 0 Å². The molecule has 0 N–H and O–H groups in total. The molecule has 2 aliphatic heterocycles. The Morgan fingerprint density at radius 3 is 2.42 bits per heavy atom. The Hall–Kier alpha value is -0.0100. The lowest BCUT2D eigenvalue weighted by Crippen LogP contribution is -2.43. The van der Waals surface area contributed by atoms with Crippen LogP contribution in [0.5, 0.6) is 0 Å². The van der Waals surface area contributed by atoms with Crippen molar-refractivity contribution in [3.05, 3.63) is 12.7 Å². The molecule has 2 atom stereocenters. The summed E-state index contributed by atoms with van der Waals surface area (Å²) in [5, 5.41) is 0.434. The molecule has 2 unspecified atom stereocenters. The van der Waals surface area contributed by atoms with Crippen LogP contribution < -0.4 is 0 Å². The molecule has 12 heavy (non-hydrogen) atoms. The third-order valence-electron chi connectivity index (χ3n) is 3.17. The molecule has 2 heterocycles. The summed E-state index contributed by atoms with van der Waals surface area (Å²) in [4.78, 5) is 2.58. The van der Waals surface area contributed by atoms with Crippen LogP contribution in [0.3, 0.4) is 0 Å². The minimum absolute atomic E-state index is 0.434. The maximum Gasteiger partial charge on any atom is 0.0365 e. The number of halogens is 1. The molecule has 1 nitrogen and oxygen atoms in total. The van der Waals surface area contributed by atoms with Gasteiger partial charge in [0.05, 0.1) is 0 Å². The van der Waals surface area contributed by atoms with Crippen molar-refractivity contribution in [1.82, 2.24) is 4.90 Å². The summed E-state index contributed by atoms with van der Waals surface area (Å²) in [7, 11) is 0. The molecule has 2 heteroatoms. The Labute approximate surface area is 79.4 Å². The predicted molar refractivity (Wildman–Crippen MR) is 52.6 cm³/mol. The van der Waals surface area contributed by atoms with Gasteiger partial charge in [-0.2, -0.15) is 0 Å². The van der Waals surface area contributed by atoms with Crippen LogP contribution >= 0.6 is 11.6 Å². The Morgan fingerprint density at radius 1 is 1.33 bits per heavy atom. The molecule has 0 aromatic rings. The quantitative estimate of drug-likeness (QED) is 0.472. The van der Waals surface area contributed by atoms with E-state index in [4.69, 9.17) is 11.6 Å². The van der Waals surface area contributed by atoms with E-state index in [1.165, 1.54) is 25.7 Å². The van der Waals surface area contributed by atoms with Crippen molar-refractivity contribution in [1.29, 1.82) is 0 Å². The van der Waals surface area contributed by atoms with Gasteiger partial charge in [0.1, 0.15) is 0 Å². The molecule has 0 amide bonds. The zero-order chi connectivity index (χ0) is 8.55. The average Bonchev–Trinajstić information content (AvgIpc) is 2.32. The first-order chi connectivity index (χ1) is 5.81. The second-order valence-electron chi connectivity index (χ2n) is 3.94. The minimum atomic E-state index is 0.434. The third-order valence-corrected chi connectivity index (χ3v) is 3.52. The highest BCUT2D eigenvalue weighted by atomic mass is 35.5. The smallest absolute Gasteiger partial charge is 0.0365 e. The van der Waals surface area contributed by atoms with Gasteiger partial charge in [0.2, 0.25) is 0 Å². The van der Waals surface area contributed by atoms with Crippen molar-refractivity contribution in [2.45, 2.75) is 43.1 Å². The Bertz CT molecular complexity index is 167. The van der Waals surface area contributed by atoms with Crippen LogP contribution in [0.25, 0.3) is 0 Å². The molecule has 2 fully saturated rings. The van der Waals surface area contributed by atoms with E-state index in [2.05, 4.69) is 11.5 Å². The van der Waals surface area contributed by atoms with E-state index in [9.17, 15) is 0 Å². The van der Waals surface area contributed by atoms with E-state index in [1.54, 1.807) is 0 Å². The fourth-order valence-electron chi connectivity index (χ4n) is 2.65. The van der Waals surface area contributed by atoms with E-state index >= 15 is 0 Å². The predicted octanol–water partition coefficient (Wildman–Crippen LogP) is 2.41. The molecule has 0 aromatic heterocycles. The molecule has 0 radical (unpaired) electrons. The van der Waals surface area contributed by atoms with Crippen LogP contribution in [-0.4, -0.2) is 28.9 Å². The van der Waals surface area contributed by atoms with E-state index in [0.29, 0.717) is 5.38 Å². The number of fused-ring (bicyclic) bond motifs is 2. The molecule has 2 aliphatic rings. The SMILES string of the molecule is C=CCN1C2CCC1CC(Cl)C2. The van der Waals surface area contributed by atoms with Crippen LogP contribution in [0.2, 0.25) is 0 Å². The topological polar surface area (TPSA) is 3.24 Å².